The van der Waals surface area contributed by atoms with Crippen LogP contribution in [0.15, 0.2) is 65.7 Å². The molecule has 0 radical (unpaired) electrons. The molecule has 0 bridgehead atoms. The molecule has 1 aliphatic heterocycles. The second-order valence-electron chi connectivity index (χ2n) is 9.65. The zero-order valence-corrected chi connectivity index (χ0v) is 21.2. The molecule has 0 saturated carbocycles. The van der Waals surface area contributed by atoms with E-state index in [-0.39, 0.29) is 5.56 Å². The van der Waals surface area contributed by atoms with E-state index in [1.54, 1.807) is 11.6 Å². The first-order valence-corrected chi connectivity index (χ1v) is 12.6. The Bertz CT molecular complexity index is 1400. The van der Waals surface area contributed by atoms with Gasteiger partial charge in [-0.05, 0) is 41.8 Å². The summed E-state index contributed by atoms with van der Waals surface area (Å²) < 4.78 is 14.1. The van der Waals surface area contributed by atoms with Gasteiger partial charge in [0.1, 0.15) is 29.4 Å². The molecule has 0 spiro atoms. The number of ether oxygens (including phenoxy) is 2. The molecule has 0 amide bonds. The summed E-state index contributed by atoms with van der Waals surface area (Å²) in [5, 5.41) is 4.26. The largest absolute Gasteiger partial charge is 0.492 e. The fourth-order valence-electron chi connectivity index (χ4n) is 4.67. The number of nitrogens with one attached hydrogen (secondary N) is 2. The summed E-state index contributed by atoms with van der Waals surface area (Å²) in [7, 11) is 1.78. The molecule has 1 saturated heterocycles. The first-order chi connectivity index (χ1) is 17.5. The second-order valence-corrected chi connectivity index (χ2v) is 9.65. The number of H-pyrrole nitrogens is 1. The first kappa shape index (κ1) is 24.2. The van der Waals surface area contributed by atoms with E-state index < -0.39 is 0 Å². The molecule has 2 N–H and O–H groups in total. The first-order valence-electron chi connectivity index (χ1n) is 12.6. The smallest absolute Gasteiger partial charge is 0.274 e. The van der Waals surface area contributed by atoms with Crippen molar-refractivity contribution in [1.29, 1.82) is 0 Å². The normalized spacial score (nSPS) is 14.4. The maximum Gasteiger partial charge on any atom is 0.274 e. The monoisotopic (exact) mass is 486 g/mol. The summed E-state index contributed by atoms with van der Waals surface area (Å²) >= 11 is 0. The fraction of sp³-hybridized carbons (Fsp3) is 0.345. The van der Waals surface area contributed by atoms with Gasteiger partial charge >= 0.3 is 0 Å². The highest BCUT2D eigenvalue weighted by atomic mass is 16.5. The maximum atomic E-state index is 12.6. The third kappa shape index (κ3) is 5.17. The molecule has 36 heavy (non-hydrogen) atoms. The van der Waals surface area contributed by atoms with Gasteiger partial charge in [-0.2, -0.15) is 0 Å². The van der Waals surface area contributed by atoms with Crippen molar-refractivity contribution in [2.75, 3.05) is 39.3 Å². The van der Waals surface area contributed by atoms with Crippen molar-refractivity contribution in [3.05, 3.63) is 76.8 Å². The van der Waals surface area contributed by atoms with Crippen LogP contribution in [0.1, 0.15) is 25.3 Å². The van der Waals surface area contributed by atoms with E-state index in [4.69, 9.17) is 9.47 Å². The van der Waals surface area contributed by atoms with Gasteiger partial charge in [-0.3, -0.25) is 9.69 Å². The van der Waals surface area contributed by atoms with Crippen LogP contribution in [0.4, 0.5) is 0 Å². The highest BCUT2D eigenvalue weighted by Gasteiger charge is 2.17. The average Bonchev–Trinajstić information content (AvgIpc) is 3.38. The number of pyridine rings is 1. The quantitative estimate of drug-likeness (QED) is 0.377. The van der Waals surface area contributed by atoms with Crippen LogP contribution < -0.4 is 20.3 Å². The molecule has 4 aromatic rings. The Morgan fingerprint density at radius 2 is 1.81 bits per heavy atom. The Balaban J connectivity index is 1.43. The van der Waals surface area contributed by atoms with Crippen molar-refractivity contribution in [1.82, 2.24) is 19.8 Å². The molecule has 5 rings (SSSR count). The van der Waals surface area contributed by atoms with Gasteiger partial charge in [0.2, 0.25) is 0 Å². The van der Waals surface area contributed by atoms with Crippen LogP contribution in [0.3, 0.4) is 0 Å². The van der Waals surface area contributed by atoms with E-state index in [1.807, 2.05) is 48.8 Å². The molecule has 7 heteroatoms. The second kappa shape index (κ2) is 10.6. The van der Waals surface area contributed by atoms with Crippen molar-refractivity contribution in [2.45, 2.75) is 19.8 Å². The van der Waals surface area contributed by atoms with Crippen molar-refractivity contribution in [3.63, 3.8) is 0 Å². The summed E-state index contributed by atoms with van der Waals surface area (Å²) in [6, 6.07) is 16.0. The molecule has 0 unspecified atom stereocenters. The van der Waals surface area contributed by atoms with Gasteiger partial charge in [0, 0.05) is 74.7 Å². The molecular formula is C29H34N4O3. The standard InChI is InChI=1S/C29H34N4O3/c1-20(2)21-7-8-27(25(17-21)26-19-32(3)29(34)28-24(26)9-10-31-28)36-23-6-4-5-22(18-23)35-16-15-33-13-11-30-12-14-33/h4-10,17-20,30-31H,11-16H2,1-3H3. The van der Waals surface area contributed by atoms with Gasteiger partial charge in [0.25, 0.3) is 5.56 Å². The zero-order chi connectivity index (χ0) is 25.1. The lowest BCUT2D eigenvalue weighted by Crippen LogP contribution is -2.44. The number of aromatic amines is 1. The van der Waals surface area contributed by atoms with Gasteiger partial charge < -0.3 is 24.3 Å². The van der Waals surface area contributed by atoms with E-state index in [0.717, 1.165) is 60.7 Å². The zero-order valence-electron chi connectivity index (χ0n) is 21.2. The van der Waals surface area contributed by atoms with E-state index in [2.05, 4.69) is 41.2 Å². The van der Waals surface area contributed by atoms with Gasteiger partial charge in [-0.15, -0.1) is 0 Å². The van der Waals surface area contributed by atoms with E-state index in [1.165, 1.54) is 5.56 Å². The molecular weight excluding hydrogens is 452 g/mol. The van der Waals surface area contributed by atoms with Crippen LogP contribution in [0.2, 0.25) is 0 Å². The van der Waals surface area contributed by atoms with Gasteiger partial charge in [-0.25, -0.2) is 0 Å². The Kier molecular flexibility index (Phi) is 7.11. The number of hydrogen-bond acceptors (Lipinski definition) is 5. The predicted octanol–water partition coefficient (Wildman–Crippen LogP) is 4.73. The number of benzene rings is 2. The minimum Gasteiger partial charge on any atom is -0.492 e. The third-order valence-electron chi connectivity index (χ3n) is 6.77. The van der Waals surface area contributed by atoms with Crippen LogP contribution in [-0.4, -0.2) is 53.8 Å². The maximum absolute atomic E-state index is 12.6. The number of nitrogens with zero attached hydrogens (tertiary/aromatic N) is 2. The number of fused-ring (bicyclic) bond motifs is 1. The molecule has 188 valence electrons. The fourth-order valence-corrected chi connectivity index (χ4v) is 4.67. The van der Waals surface area contributed by atoms with Crippen molar-refractivity contribution in [2.24, 2.45) is 7.05 Å². The number of aromatic nitrogens is 2. The van der Waals surface area contributed by atoms with E-state index in [9.17, 15) is 4.79 Å². The Labute approximate surface area is 211 Å². The van der Waals surface area contributed by atoms with Crippen molar-refractivity contribution >= 4 is 10.9 Å². The lowest BCUT2D eigenvalue weighted by Gasteiger charge is -2.26. The van der Waals surface area contributed by atoms with Crippen LogP contribution in [0, 0.1) is 0 Å². The highest BCUT2D eigenvalue weighted by molar-refractivity contribution is 5.96. The molecule has 1 fully saturated rings. The Hall–Kier alpha value is -3.55. The van der Waals surface area contributed by atoms with Gasteiger partial charge in [0.05, 0.1) is 0 Å². The topological polar surface area (TPSA) is 71.5 Å². The van der Waals surface area contributed by atoms with E-state index in [0.29, 0.717) is 23.8 Å². The van der Waals surface area contributed by atoms with Gasteiger partial charge in [-0.1, -0.05) is 26.0 Å². The molecule has 2 aromatic carbocycles. The molecule has 7 nitrogen and oxygen atoms in total. The molecule has 0 atom stereocenters. The molecule has 3 heterocycles. The number of aryl methyl sites for hydroxylation is 1. The minimum atomic E-state index is -0.0492. The van der Waals surface area contributed by atoms with Crippen molar-refractivity contribution in [3.8, 4) is 28.4 Å². The highest BCUT2D eigenvalue weighted by Crippen LogP contribution is 2.38. The summed E-state index contributed by atoms with van der Waals surface area (Å²) in [5.41, 5.74) is 3.66. The lowest BCUT2D eigenvalue weighted by molar-refractivity contribution is 0.191. The average molecular weight is 487 g/mol. The predicted molar refractivity (Wildman–Crippen MR) is 144 cm³/mol. The Morgan fingerprint density at radius 3 is 2.61 bits per heavy atom. The van der Waals surface area contributed by atoms with Crippen LogP contribution >= 0.6 is 0 Å². The van der Waals surface area contributed by atoms with Crippen LogP contribution in [0.25, 0.3) is 22.0 Å². The van der Waals surface area contributed by atoms with Crippen molar-refractivity contribution < 1.29 is 9.47 Å². The van der Waals surface area contributed by atoms with Crippen LogP contribution in [0.5, 0.6) is 17.2 Å². The Morgan fingerprint density at radius 1 is 1.00 bits per heavy atom. The summed E-state index contributed by atoms with van der Waals surface area (Å²) in [5.74, 6) is 2.60. The molecule has 1 aliphatic rings. The van der Waals surface area contributed by atoms with Gasteiger partial charge in [0.15, 0.2) is 0 Å². The molecule has 2 aromatic heterocycles. The molecule has 0 aliphatic carbocycles. The number of rotatable bonds is 8. The summed E-state index contributed by atoms with van der Waals surface area (Å²) in [6.45, 7) is 10.1. The third-order valence-corrected chi connectivity index (χ3v) is 6.77. The SMILES string of the molecule is CC(C)c1ccc(Oc2cccc(OCCN3CCNCC3)c2)c(-c2cn(C)c(=O)c3[nH]ccc23)c1. The summed E-state index contributed by atoms with van der Waals surface area (Å²) in [4.78, 5) is 18.1. The lowest BCUT2D eigenvalue weighted by atomic mass is 9.96. The number of piperazine rings is 1. The minimum absolute atomic E-state index is 0.0492. The van der Waals surface area contributed by atoms with Crippen LogP contribution in [-0.2, 0) is 7.05 Å². The summed E-state index contributed by atoms with van der Waals surface area (Å²) in [6.07, 6.45) is 3.70. The van der Waals surface area contributed by atoms with E-state index >= 15 is 0 Å². The number of hydrogen-bond donors (Lipinski definition) is 2.